The Morgan fingerprint density at radius 1 is 0.893 bits per heavy atom. The first kappa shape index (κ1) is 18.4. The van der Waals surface area contributed by atoms with E-state index in [0.29, 0.717) is 0 Å². The highest BCUT2D eigenvalue weighted by Gasteiger charge is 2.16. The van der Waals surface area contributed by atoms with Gasteiger partial charge in [0.25, 0.3) is 0 Å². The second-order valence-electron chi connectivity index (χ2n) is 6.92. The van der Waals surface area contributed by atoms with E-state index in [9.17, 15) is 0 Å². The molecule has 4 rings (SSSR count). The number of nitrogens with zero attached hydrogens (tertiary/aromatic N) is 3. The minimum absolute atomic E-state index is 0.721. The molecule has 2 aromatic carbocycles. The van der Waals surface area contributed by atoms with Gasteiger partial charge in [0.15, 0.2) is 0 Å². The van der Waals surface area contributed by atoms with Gasteiger partial charge in [0.2, 0.25) is 5.95 Å². The van der Waals surface area contributed by atoms with Gasteiger partial charge in [-0.25, -0.2) is 4.98 Å². The van der Waals surface area contributed by atoms with Crippen LogP contribution >= 0.6 is 0 Å². The van der Waals surface area contributed by atoms with Gasteiger partial charge < -0.3 is 15.0 Å². The minimum Gasteiger partial charge on any atom is -0.378 e. The maximum Gasteiger partial charge on any atom is 0.228 e. The number of aromatic nitrogens is 2. The van der Waals surface area contributed by atoms with Crippen molar-refractivity contribution in [1.82, 2.24) is 9.97 Å². The molecule has 2 heterocycles. The van der Waals surface area contributed by atoms with Crippen LogP contribution in [0.3, 0.4) is 0 Å². The van der Waals surface area contributed by atoms with Gasteiger partial charge in [-0.2, -0.15) is 4.98 Å². The van der Waals surface area contributed by atoms with Crippen molar-refractivity contribution in [3.8, 4) is 11.3 Å². The van der Waals surface area contributed by atoms with E-state index in [1.807, 2.05) is 24.3 Å². The lowest BCUT2D eigenvalue weighted by molar-refractivity contribution is 0.122. The highest BCUT2D eigenvalue weighted by atomic mass is 16.5. The Bertz CT molecular complexity index is 864. The molecular weight excluding hydrogens is 348 g/mol. The van der Waals surface area contributed by atoms with Gasteiger partial charge in [-0.3, -0.25) is 0 Å². The van der Waals surface area contributed by atoms with Crippen LogP contribution in [0.5, 0.6) is 0 Å². The summed E-state index contributed by atoms with van der Waals surface area (Å²) in [5, 5.41) is 3.50. The fraction of sp³-hybridized carbons (Fsp3) is 0.304. The van der Waals surface area contributed by atoms with Crippen LogP contribution in [0.25, 0.3) is 11.3 Å². The first-order valence-electron chi connectivity index (χ1n) is 9.93. The zero-order chi connectivity index (χ0) is 19.0. The van der Waals surface area contributed by atoms with E-state index in [4.69, 9.17) is 14.7 Å². The molecule has 1 aliphatic rings. The van der Waals surface area contributed by atoms with Gasteiger partial charge in [-0.05, 0) is 18.4 Å². The number of hydrogen-bond acceptors (Lipinski definition) is 5. The van der Waals surface area contributed by atoms with Gasteiger partial charge >= 0.3 is 0 Å². The third-order valence-corrected chi connectivity index (χ3v) is 4.87. The molecule has 0 amide bonds. The molecule has 1 aliphatic heterocycles. The summed E-state index contributed by atoms with van der Waals surface area (Å²) in [6, 6.07) is 22.9. The third-order valence-electron chi connectivity index (χ3n) is 4.87. The Labute approximate surface area is 166 Å². The van der Waals surface area contributed by atoms with E-state index in [0.717, 1.165) is 68.7 Å². The van der Waals surface area contributed by atoms with Gasteiger partial charge in [0.1, 0.15) is 5.82 Å². The van der Waals surface area contributed by atoms with Crippen LogP contribution in [0, 0.1) is 0 Å². The molecule has 0 spiro atoms. The first-order valence-corrected chi connectivity index (χ1v) is 9.93. The average Bonchev–Trinajstić information content (AvgIpc) is 2.78. The van der Waals surface area contributed by atoms with Crippen molar-refractivity contribution in [3.05, 3.63) is 72.3 Å². The largest absolute Gasteiger partial charge is 0.378 e. The molecule has 28 heavy (non-hydrogen) atoms. The molecule has 0 aliphatic carbocycles. The SMILES string of the molecule is c1ccc(CCCNc2cc(-c3ccccc3)nc(N3CCOCC3)n2)cc1. The second kappa shape index (κ2) is 9.33. The van der Waals surface area contributed by atoms with Gasteiger partial charge in [-0.15, -0.1) is 0 Å². The summed E-state index contributed by atoms with van der Waals surface area (Å²) in [6.45, 7) is 3.97. The smallest absolute Gasteiger partial charge is 0.228 e. The molecule has 5 heteroatoms. The van der Waals surface area contributed by atoms with E-state index in [1.165, 1.54) is 5.56 Å². The normalized spacial score (nSPS) is 14.1. The zero-order valence-corrected chi connectivity index (χ0v) is 16.1. The highest BCUT2D eigenvalue weighted by Crippen LogP contribution is 2.23. The molecule has 0 radical (unpaired) electrons. The fourth-order valence-corrected chi connectivity index (χ4v) is 3.34. The lowest BCUT2D eigenvalue weighted by Gasteiger charge is -2.27. The molecule has 1 saturated heterocycles. The van der Waals surface area contributed by atoms with Crippen LogP contribution in [0.1, 0.15) is 12.0 Å². The Morgan fingerprint density at radius 3 is 2.36 bits per heavy atom. The average molecular weight is 374 g/mol. The Kier molecular flexibility index (Phi) is 6.15. The Balaban J connectivity index is 1.48. The Morgan fingerprint density at radius 2 is 1.61 bits per heavy atom. The number of anilines is 2. The van der Waals surface area contributed by atoms with Gasteiger partial charge in [0.05, 0.1) is 18.9 Å². The van der Waals surface area contributed by atoms with E-state index in [2.05, 4.69) is 52.7 Å². The number of nitrogens with one attached hydrogen (secondary N) is 1. The first-order chi connectivity index (χ1) is 13.9. The summed E-state index contributed by atoms with van der Waals surface area (Å²) < 4.78 is 5.47. The summed E-state index contributed by atoms with van der Waals surface area (Å²) in [7, 11) is 0. The Hall–Kier alpha value is -2.92. The summed E-state index contributed by atoms with van der Waals surface area (Å²) in [6.07, 6.45) is 2.11. The number of aryl methyl sites for hydroxylation is 1. The molecule has 144 valence electrons. The van der Waals surface area contributed by atoms with E-state index >= 15 is 0 Å². The highest BCUT2D eigenvalue weighted by molar-refractivity contribution is 5.64. The summed E-state index contributed by atoms with van der Waals surface area (Å²) in [5.74, 6) is 1.65. The van der Waals surface area contributed by atoms with Crippen molar-refractivity contribution in [2.75, 3.05) is 43.1 Å². The number of morpholine rings is 1. The quantitative estimate of drug-likeness (QED) is 0.633. The zero-order valence-electron chi connectivity index (χ0n) is 16.1. The molecule has 1 fully saturated rings. The number of benzene rings is 2. The van der Waals surface area contributed by atoms with Crippen LogP contribution in [0.4, 0.5) is 11.8 Å². The minimum atomic E-state index is 0.721. The molecule has 0 bridgehead atoms. The lowest BCUT2D eigenvalue weighted by atomic mass is 10.1. The summed E-state index contributed by atoms with van der Waals surface area (Å²) >= 11 is 0. The molecule has 1 N–H and O–H groups in total. The van der Waals surface area contributed by atoms with Crippen LogP contribution < -0.4 is 10.2 Å². The second-order valence-corrected chi connectivity index (χ2v) is 6.92. The van der Waals surface area contributed by atoms with Crippen molar-refractivity contribution >= 4 is 11.8 Å². The van der Waals surface area contributed by atoms with Crippen molar-refractivity contribution < 1.29 is 4.74 Å². The third kappa shape index (κ3) is 4.87. The molecule has 0 atom stereocenters. The van der Waals surface area contributed by atoms with Crippen molar-refractivity contribution in [3.63, 3.8) is 0 Å². The monoisotopic (exact) mass is 374 g/mol. The van der Waals surface area contributed by atoms with E-state index in [-0.39, 0.29) is 0 Å². The van der Waals surface area contributed by atoms with E-state index in [1.54, 1.807) is 0 Å². The number of rotatable bonds is 7. The van der Waals surface area contributed by atoms with Crippen molar-refractivity contribution in [2.45, 2.75) is 12.8 Å². The molecule has 0 saturated carbocycles. The fourth-order valence-electron chi connectivity index (χ4n) is 3.34. The van der Waals surface area contributed by atoms with Crippen LogP contribution in [0.2, 0.25) is 0 Å². The van der Waals surface area contributed by atoms with Crippen LogP contribution in [0.15, 0.2) is 66.7 Å². The van der Waals surface area contributed by atoms with Crippen molar-refractivity contribution in [2.24, 2.45) is 0 Å². The maximum atomic E-state index is 5.47. The van der Waals surface area contributed by atoms with Gasteiger partial charge in [0, 0.05) is 31.3 Å². The topological polar surface area (TPSA) is 50.3 Å². The summed E-state index contributed by atoms with van der Waals surface area (Å²) in [5.41, 5.74) is 3.42. The standard InChI is InChI=1S/C23H26N4O/c1-3-8-19(9-4-1)10-7-13-24-22-18-21(20-11-5-2-6-12-20)25-23(26-22)27-14-16-28-17-15-27/h1-6,8-9,11-12,18H,7,10,13-17H2,(H,24,25,26). The van der Waals surface area contributed by atoms with E-state index < -0.39 is 0 Å². The van der Waals surface area contributed by atoms with Crippen LogP contribution in [-0.4, -0.2) is 42.8 Å². The van der Waals surface area contributed by atoms with Gasteiger partial charge in [-0.1, -0.05) is 60.7 Å². The number of hydrogen-bond donors (Lipinski definition) is 1. The molecular formula is C23H26N4O. The maximum absolute atomic E-state index is 5.47. The van der Waals surface area contributed by atoms with Crippen molar-refractivity contribution in [1.29, 1.82) is 0 Å². The number of ether oxygens (including phenoxy) is 1. The molecule has 5 nitrogen and oxygen atoms in total. The predicted octanol–water partition coefficient (Wildman–Crippen LogP) is 4.02. The molecule has 1 aromatic heterocycles. The molecule has 0 unspecified atom stereocenters. The predicted molar refractivity (Wildman–Crippen MR) is 114 cm³/mol. The summed E-state index contributed by atoms with van der Waals surface area (Å²) in [4.78, 5) is 11.8. The van der Waals surface area contributed by atoms with Crippen LogP contribution in [-0.2, 0) is 11.2 Å². The lowest BCUT2D eigenvalue weighted by Crippen LogP contribution is -2.37. The molecule has 3 aromatic rings.